The zero-order valence-electron chi connectivity index (χ0n) is 38.7. The van der Waals surface area contributed by atoms with Gasteiger partial charge >= 0.3 is 0 Å². The monoisotopic (exact) mass is 926 g/mol. The number of ketones is 1. The number of imide groups is 1. The molecule has 5 fully saturated rings. The Hall–Kier alpha value is -6.76. The maximum absolute atomic E-state index is 13.7. The van der Waals surface area contributed by atoms with E-state index in [2.05, 4.69) is 35.3 Å². The number of benzene rings is 1. The third kappa shape index (κ3) is 8.78. The van der Waals surface area contributed by atoms with Crippen LogP contribution in [-0.2, 0) is 25.7 Å². The van der Waals surface area contributed by atoms with Crippen LogP contribution in [0.2, 0.25) is 0 Å². The fraction of sp³-hybridized carbons (Fsp3) is 0.510. The van der Waals surface area contributed by atoms with E-state index in [0.717, 1.165) is 68.8 Å². The third-order valence-corrected chi connectivity index (χ3v) is 15.0. The molecular formula is C49H58N12O7. The number of fused-ring (bicyclic) bond motifs is 2. The van der Waals surface area contributed by atoms with Gasteiger partial charge < -0.3 is 29.8 Å². The van der Waals surface area contributed by atoms with E-state index in [-0.39, 0.29) is 58.9 Å². The van der Waals surface area contributed by atoms with E-state index in [9.17, 15) is 33.6 Å². The summed E-state index contributed by atoms with van der Waals surface area (Å²) in [6.45, 7) is 10.5. The number of amides is 5. The molecule has 2 N–H and O–H groups in total. The first kappa shape index (κ1) is 45.0. The number of nitrogens with zero attached hydrogens (tertiary/aromatic N) is 10. The van der Waals surface area contributed by atoms with Crippen molar-refractivity contribution < 1.29 is 28.8 Å². The number of likely N-dealkylation sites (tertiary alicyclic amines) is 1. The van der Waals surface area contributed by atoms with Gasteiger partial charge in [0.25, 0.3) is 11.5 Å². The van der Waals surface area contributed by atoms with Crippen LogP contribution in [0.25, 0.3) is 11.0 Å². The summed E-state index contributed by atoms with van der Waals surface area (Å²) < 4.78 is 1.70. The van der Waals surface area contributed by atoms with Crippen LogP contribution in [0.5, 0.6) is 0 Å². The smallest absolute Gasteiger partial charge is 0.263 e. The van der Waals surface area contributed by atoms with Crippen molar-refractivity contribution in [2.24, 2.45) is 5.92 Å². The highest BCUT2D eigenvalue weighted by Gasteiger charge is 2.40. The Balaban J connectivity index is 0.663. The number of pyridine rings is 2. The molecule has 68 heavy (non-hydrogen) atoms. The van der Waals surface area contributed by atoms with E-state index in [1.807, 2.05) is 46.3 Å². The molecule has 356 valence electrons. The molecule has 4 saturated heterocycles. The molecule has 6 aliphatic rings. The molecule has 4 aromatic rings. The lowest BCUT2D eigenvalue weighted by atomic mass is 9.94. The topological polar surface area (TPSA) is 207 Å². The Kier molecular flexibility index (Phi) is 12.4. The molecule has 3 aromatic heterocycles. The van der Waals surface area contributed by atoms with Crippen LogP contribution in [0.1, 0.15) is 96.2 Å². The fourth-order valence-corrected chi connectivity index (χ4v) is 11.1. The molecular weight excluding hydrogens is 869 g/mol. The number of anilines is 4. The zero-order chi connectivity index (χ0) is 47.2. The van der Waals surface area contributed by atoms with Gasteiger partial charge in [-0.3, -0.25) is 48.3 Å². The third-order valence-electron chi connectivity index (χ3n) is 15.0. The lowest BCUT2D eigenvalue weighted by Gasteiger charge is -2.40. The van der Waals surface area contributed by atoms with Crippen molar-refractivity contribution in [2.75, 3.05) is 87.1 Å². The predicted molar refractivity (Wildman–Crippen MR) is 253 cm³/mol. The second-order valence-electron chi connectivity index (χ2n) is 19.1. The molecule has 5 amide bonds. The Bertz CT molecular complexity index is 2730. The first-order chi connectivity index (χ1) is 32.9. The van der Waals surface area contributed by atoms with Crippen molar-refractivity contribution in [3.8, 4) is 0 Å². The largest absolute Gasteiger partial charge is 0.368 e. The zero-order valence-corrected chi connectivity index (χ0v) is 38.7. The summed E-state index contributed by atoms with van der Waals surface area (Å²) in [6, 6.07) is 8.98. The highest BCUT2D eigenvalue weighted by atomic mass is 16.2. The van der Waals surface area contributed by atoms with Crippen LogP contribution in [0.3, 0.4) is 0 Å². The second kappa shape index (κ2) is 18.7. The number of hydrogen-bond donors (Lipinski definition) is 2. The molecule has 10 rings (SSSR count). The first-order valence-electron chi connectivity index (χ1n) is 24.1. The standard InChI is InChI=1S/C49H58N12O7/c1-30-38-27-51-49(54-44(38)61(34-5-3-4-6-34)48(68)43(30)31(2)62)52-40-11-8-36(26-50-40)57-19-17-55(18-20-57)29-42(64)58-15-13-32(14-16-58)46(66)59-23-21-56(22-24-59)35-7-9-37-33(25-35)28-60(47(37)67)39-10-12-41(63)53-45(39)65/h7-9,11,25-27,32,34,39H,3-6,10,12-24,28-29H2,1-2H3,(H,53,63,65)(H,50,51,52,54)/t39-/m0/s1. The number of piperidine rings is 2. The van der Waals surface area contributed by atoms with E-state index >= 15 is 0 Å². The number of piperazine rings is 2. The SMILES string of the molecule is CC(=O)c1c(C)c2cnc(Nc3ccc(N4CCN(CC(=O)N5CCC(C(=O)N6CCN(c7ccc8c(c7)CN([C@H]7CCC(=O)NC7=O)C8=O)CC6)CC5)CC4)cn3)nc2n(C2CCCC2)c1=O. The first-order valence-corrected chi connectivity index (χ1v) is 24.1. The molecule has 0 radical (unpaired) electrons. The summed E-state index contributed by atoms with van der Waals surface area (Å²) in [4.78, 5) is 117. The van der Waals surface area contributed by atoms with Crippen molar-refractivity contribution >= 4 is 69.5 Å². The number of hydrogen-bond acceptors (Lipinski definition) is 14. The predicted octanol–water partition coefficient (Wildman–Crippen LogP) is 3.03. The van der Waals surface area contributed by atoms with Gasteiger partial charge in [0.1, 0.15) is 17.5 Å². The average Bonchev–Trinajstić information content (AvgIpc) is 3.99. The van der Waals surface area contributed by atoms with Crippen LogP contribution in [-0.4, -0.2) is 152 Å². The summed E-state index contributed by atoms with van der Waals surface area (Å²) in [6.07, 6.45) is 9.11. The van der Waals surface area contributed by atoms with Crippen molar-refractivity contribution in [3.05, 3.63) is 75.3 Å². The van der Waals surface area contributed by atoms with Gasteiger partial charge in [0.15, 0.2) is 5.78 Å². The quantitative estimate of drug-likeness (QED) is 0.173. The number of Topliss-reactive ketones (excluding diaryl/α,β-unsaturated/α-hetero) is 1. The van der Waals surface area contributed by atoms with Crippen LogP contribution >= 0.6 is 0 Å². The Morgan fingerprint density at radius 1 is 0.779 bits per heavy atom. The Labute approximate surface area is 393 Å². The van der Waals surface area contributed by atoms with Gasteiger partial charge in [-0.1, -0.05) is 12.8 Å². The molecule has 5 aliphatic heterocycles. The Morgan fingerprint density at radius 3 is 2.18 bits per heavy atom. The minimum atomic E-state index is -0.651. The second-order valence-corrected chi connectivity index (χ2v) is 19.1. The minimum absolute atomic E-state index is 0.00890. The van der Waals surface area contributed by atoms with Crippen LogP contribution in [0.4, 0.5) is 23.1 Å². The number of carbonyl (C=O) groups is 6. The molecule has 19 heteroatoms. The molecule has 1 aliphatic carbocycles. The van der Waals surface area contributed by atoms with Gasteiger partial charge in [-0.2, -0.15) is 4.98 Å². The molecule has 0 bridgehead atoms. The van der Waals surface area contributed by atoms with Crippen LogP contribution in [0.15, 0.2) is 47.5 Å². The highest BCUT2D eigenvalue weighted by Crippen LogP contribution is 2.34. The molecule has 19 nitrogen and oxygen atoms in total. The summed E-state index contributed by atoms with van der Waals surface area (Å²) in [5.41, 5.74) is 4.43. The van der Waals surface area contributed by atoms with E-state index in [0.29, 0.717) is 106 Å². The average molecular weight is 927 g/mol. The van der Waals surface area contributed by atoms with E-state index in [1.54, 1.807) is 22.6 Å². The summed E-state index contributed by atoms with van der Waals surface area (Å²) in [5.74, 6) is -0.162. The van der Waals surface area contributed by atoms with Gasteiger partial charge in [-0.25, -0.2) is 9.97 Å². The summed E-state index contributed by atoms with van der Waals surface area (Å²) in [5, 5.41) is 6.24. The van der Waals surface area contributed by atoms with Crippen LogP contribution < -0.4 is 26.0 Å². The minimum Gasteiger partial charge on any atom is -0.368 e. The molecule has 1 aromatic carbocycles. The number of aryl methyl sites for hydroxylation is 1. The maximum atomic E-state index is 13.7. The lowest BCUT2D eigenvalue weighted by Crippen LogP contribution is -2.53. The van der Waals surface area contributed by atoms with Crippen molar-refractivity contribution in [2.45, 2.75) is 83.8 Å². The fourth-order valence-electron chi connectivity index (χ4n) is 11.1. The van der Waals surface area contributed by atoms with Crippen molar-refractivity contribution in [1.29, 1.82) is 0 Å². The van der Waals surface area contributed by atoms with E-state index in [1.165, 1.54) is 6.92 Å². The van der Waals surface area contributed by atoms with E-state index in [4.69, 9.17) is 4.98 Å². The van der Waals surface area contributed by atoms with E-state index < -0.39 is 11.9 Å². The van der Waals surface area contributed by atoms with Crippen molar-refractivity contribution in [1.82, 2.24) is 44.4 Å². The molecule has 8 heterocycles. The van der Waals surface area contributed by atoms with Crippen LogP contribution in [0, 0.1) is 12.8 Å². The van der Waals surface area contributed by atoms with Gasteiger partial charge in [-0.05, 0) is 87.4 Å². The molecule has 1 atom stereocenters. The summed E-state index contributed by atoms with van der Waals surface area (Å²) in [7, 11) is 0. The van der Waals surface area contributed by atoms with Gasteiger partial charge in [0.05, 0.1) is 24.0 Å². The number of nitrogens with one attached hydrogen (secondary N) is 2. The molecule has 0 spiro atoms. The van der Waals surface area contributed by atoms with Crippen molar-refractivity contribution in [3.63, 3.8) is 0 Å². The number of rotatable bonds is 10. The molecule has 0 unspecified atom stereocenters. The number of carbonyl (C=O) groups excluding carboxylic acids is 6. The van der Waals surface area contributed by atoms with Gasteiger partial charge in [0.2, 0.25) is 29.6 Å². The highest BCUT2D eigenvalue weighted by molar-refractivity contribution is 6.05. The molecule has 1 saturated carbocycles. The van der Waals surface area contributed by atoms with Gasteiger partial charge in [-0.15, -0.1) is 0 Å². The van der Waals surface area contributed by atoms with Gasteiger partial charge in [0, 0.05) is 113 Å². The Morgan fingerprint density at radius 2 is 1.49 bits per heavy atom. The normalized spacial score (nSPS) is 20.9. The summed E-state index contributed by atoms with van der Waals surface area (Å²) >= 11 is 0. The lowest BCUT2D eigenvalue weighted by molar-refractivity contribution is -0.141. The maximum Gasteiger partial charge on any atom is 0.263 e. The number of aromatic nitrogens is 4.